The van der Waals surface area contributed by atoms with Gasteiger partial charge in [-0.1, -0.05) is 12.5 Å². The lowest BCUT2D eigenvalue weighted by molar-refractivity contribution is 0.0848. The first-order valence-corrected chi connectivity index (χ1v) is 11.3. The highest BCUT2D eigenvalue weighted by molar-refractivity contribution is 7.14. The molecule has 29 heavy (non-hydrogen) atoms. The Hall–Kier alpha value is -2.71. The van der Waals surface area contributed by atoms with Crippen molar-refractivity contribution in [2.75, 3.05) is 0 Å². The van der Waals surface area contributed by atoms with E-state index in [4.69, 9.17) is 4.74 Å². The molecule has 3 aromatic rings. The van der Waals surface area contributed by atoms with E-state index in [0.717, 1.165) is 18.5 Å². The average molecular weight is 428 g/mol. The second kappa shape index (κ2) is 9.19. The molecular weight excluding hydrogens is 406 g/mol. The predicted octanol–water partition coefficient (Wildman–Crippen LogP) is 4.13. The lowest BCUT2D eigenvalue weighted by Crippen LogP contribution is -2.41. The van der Waals surface area contributed by atoms with Gasteiger partial charge < -0.3 is 4.74 Å². The molecule has 8 heteroatoms. The summed E-state index contributed by atoms with van der Waals surface area (Å²) in [6, 6.07) is 8.79. The van der Waals surface area contributed by atoms with Crippen LogP contribution in [0, 0.1) is 0 Å². The molecule has 0 radical (unpaired) electrons. The van der Waals surface area contributed by atoms with Crippen LogP contribution in [0.3, 0.4) is 0 Å². The van der Waals surface area contributed by atoms with Crippen molar-refractivity contribution >= 4 is 34.5 Å². The molecular formula is C21H21N3O3S2. The van der Waals surface area contributed by atoms with Crippen LogP contribution in [0.25, 0.3) is 0 Å². The van der Waals surface area contributed by atoms with E-state index in [2.05, 4.69) is 15.8 Å². The molecule has 0 saturated carbocycles. The first kappa shape index (κ1) is 19.6. The van der Waals surface area contributed by atoms with E-state index >= 15 is 0 Å². The van der Waals surface area contributed by atoms with Gasteiger partial charge in [-0.15, -0.1) is 22.7 Å². The lowest BCUT2D eigenvalue weighted by Gasteiger charge is -2.08. The summed E-state index contributed by atoms with van der Waals surface area (Å²) in [4.78, 5) is 31.0. The number of amides is 2. The Labute approximate surface area is 176 Å². The summed E-state index contributed by atoms with van der Waals surface area (Å²) < 4.78 is 5.67. The van der Waals surface area contributed by atoms with E-state index < -0.39 is 5.91 Å². The van der Waals surface area contributed by atoms with Crippen LogP contribution in [0.15, 0.2) is 41.2 Å². The zero-order valence-corrected chi connectivity index (χ0v) is 17.4. The minimum atomic E-state index is -0.393. The van der Waals surface area contributed by atoms with Crippen molar-refractivity contribution in [2.24, 2.45) is 0 Å². The lowest BCUT2D eigenvalue weighted by atomic mass is 10.1. The Morgan fingerprint density at radius 1 is 1.07 bits per heavy atom. The Kier molecular flexibility index (Phi) is 6.21. The maximum absolute atomic E-state index is 12.4. The fourth-order valence-corrected chi connectivity index (χ4v) is 4.91. The van der Waals surface area contributed by atoms with Crippen molar-refractivity contribution in [3.05, 3.63) is 67.8 Å². The number of thiazole rings is 1. The molecule has 0 fully saturated rings. The summed E-state index contributed by atoms with van der Waals surface area (Å²) in [6.45, 7) is 0.342. The molecule has 6 nitrogen and oxygen atoms in total. The van der Waals surface area contributed by atoms with E-state index in [1.807, 2.05) is 11.4 Å². The molecule has 2 amide bonds. The van der Waals surface area contributed by atoms with Crippen molar-refractivity contribution in [3.63, 3.8) is 0 Å². The van der Waals surface area contributed by atoms with Gasteiger partial charge >= 0.3 is 0 Å². The molecule has 0 saturated heterocycles. The van der Waals surface area contributed by atoms with Gasteiger partial charge in [0.2, 0.25) is 0 Å². The molecule has 0 aliphatic heterocycles. The monoisotopic (exact) mass is 427 g/mol. The molecule has 1 aromatic carbocycles. The van der Waals surface area contributed by atoms with Crippen LogP contribution in [0.2, 0.25) is 0 Å². The van der Waals surface area contributed by atoms with Crippen LogP contribution in [-0.2, 0) is 19.4 Å². The van der Waals surface area contributed by atoms with Gasteiger partial charge in [-0.3, -0.25) is 20.4 Å². The molecule has 2 heterocycles. The molecule has 0 spiro atoms. The molecule has 0 bridgehead atoms. The number of nitrogens with zero attached hydrogens (tertiary/aromatic N) is 1. The topological polar surface area (TPSA) is 80.3 Å². The number of ether oxygens (including phenoxy) is 1. The summed E-state index contributed by atoms with van der Waals surface area (Å²) in [5.74, 6) is -0.109. The Balaban J connectivity index is 1.33. The van der Waals surface area contributed by atoms with Gasteiger partial charge in [-0.25, -0.2) is 4.98 Å². The van der Waals surface area contributed by atoms with Crippen LogP contribution in [0.4, 0.5) is 0 Å². The van der Waals surface area contributed by atoms with E-state index in [1.54, 1.807) is 29.8 Å². The number of aromatic nitrogens is 1. The van der Waals surface area contributed by atoms with Crippen molar-refractivity contribution in [1.82, 2.24) is 15.8 Å². The van der Waals surface area contributed by atoms with Gasteiger partial charge in [0, 0.05) is 15.8 Å². The Bertz CT molecular complexity index is 975. The van der Waals surface area contributed by atoms with E-state index in [0.29, 0.717) is 22.8 Å². The quantitative estimate of drug-likeness (QED) is 0.474. The highest BCUT2D eigenvalue weighted by Crippen LogP contribution is 2.28. The SMILES string of the molecule is O=C(NNC(=O)c1cc2c(s1)CCCCC2)c1cccc(OCc2cscn2)c1. The van der Waals surface area contributed by atoms with Gasteiger partial charge in [-0.05, 0) is 55.5 Å². The number of rotatable bonds is 5. The Morgan fingerprint density at radius 2 is 1.93 bits per heavy atom. The van der Waals surface area contributed by atoms with Crippen LogP contribution in [0.1, 0.15) is 55.4 Å². The third-order valence-corrected chi connectivity index (χ3v) is 6.60. The molecule has 0 atom stereocenters. The van der Waals surface area contributed by atoms with Gasteiger partial charge in [-0.2, -0.15) is 0 Å². The summed E-state index contributed by atoms with van der Waals surface area (Å²) in [5, 5.41) is 1.91. The Morgan fingerprint density at radius 3 is 2.79 bits per heavy atom. The average Bonchev–Trinajstić information content (AvgIpc) is 3.36. The number of fused-ring (bicyclic) bond motifs is 1. The molecule has 1 aliphatic rings. The number of aryl methyl sites for hydroxylation is 2. The number of hydrazine groups is 1. The van der Waals surface area contributed by atoms with Gasteiger partial charge in [0.15, 0.2) is 0 Å². The highest BCUT2D eigenvalue weighted by atomic mass is 32.1. The van der Waals surface area contributed by atoms with Crippen LogP contribution < -0.4 is 15.6 Å². The molecule has 0 unspecified atom stereocenters. The maximum Gasteiger partial charge on any atom is 0.279 e. The van der Waals surface area contributed by atoms with Crippen molar-refractivity contribution in [3.8, 4) is 5.75 Å². The zero-order valence-electron chi connectivity index (χ0n) is 15.8. The van der Waals surface area contributed by atoms with Crippen molar-refractivity contribution in [1.29, 1.82) is 0 Å². The second-order valence-electron chi connectivity index (χ2n) is 6.82. The number of carbonyl (C=O) groups excluding carboxylic acids is 2. The zero-order chi connectivity index (χ0) is 20.1. The molecule has 150 valence electrons. The number of thiophene rings is 1. The van der Waals surface area contributed by atoms with Crippen LogP contribution in [0.5, 0.6) is 5.75 Å². The largest absolute Gasteiger partial charge is 0.487 e. The van der Waals surface area contributed by atoms with Crippen molar-refractivity contribution < 1.29 is 14.3 Å². The summed E-state index contributed by atoms with van der Waals surface area (Å²) in [5.41, 5.74) is 9.27. The first-order valence-electron chi connectivity index (χ1n) is 9.51. The number of hydrogen-bond donors (Lipinski definition) is 2. The van der Waals surface area contributed by atoms with E-state index in [9.17, 15) is 9.59 Å². The van der Waals surface area contributed by atoms with E-state index in [1.165, 1.54) is 52.4 Å². The molecule has 1 aliphatic carbocycles. The molecule has 2 aromatic heterocycles. The predicted molar refractivity (Wildman–Crippen MR) is 113 cm³/mol. The summed E-state index contributed by atoms with van der Waals surface area (Å²) in [7, 11) is 0. The fraction of sp³-hybridized carbons (Fsp3) is 0.286. The maximum atomic E-state index is 12.4. The standard InChI is InChI=1S/C21H21N3O3S2/c25-20(15-6-4-7-17(9-15)27-11-16-12-28-13-22-16)23-24-21(26)19-10-14-5-2-1-3-8-18(14)29-19/h4,6-7,9-10,12-13H,1-3,5,8,11H2,(H,23,25)(H,24,26). The van der Waals surface area contributed by atoms with Gasteiger partial charge in [0.1, 0.15) is 12.4 Å². The normalized spacial score (nSPS) is 13.2. The first-order chi connectivity index (χ1) is 14.2. The number of hydrogen-bond acceptors (Lipinski definition) is 6. The second-order valence-corrected chi connectivity index (χ2v) is 8.68. The number of benzene rings is 1. The smallest absolute Gasteiger partial charge is 0.279 e. The summed E-state index contributed by atoms with van der Waals surface area (Å²) in [6.07, 6.45) is 5.65. The van der Waals surface area contributed by atoms with Crippen LogP contribution >= 0.6 is 22.7 Å². The minimum Gasteiger partial charge on any atom is -0.487 e. The third-order valence-electron chi connectivity index (χ3n) is 4.73. The highest BCUT2D eigenvalue weighted by Gasteiger charge is 2.17. The van der Waals surface area contributed by atoms with Gasteiger partial charge in [0.25, 0.3) is 11.8 Å². The number of nitrogens with one attached hydrogen (secondary N) is 2. The van der Waals surface area contributed by atoms with E-state index in [-0.39, 0.29) is 5.91 Å². The number of carbonyl (C=O) groups is 2. The van der Waals surface area contributed by atoms with Gasteiger partial charge in [0.05, 0.1) is 16.1 Å². The fourth-order valence-electron chi connectivity index (χ4n) is 3.22. The molecule has 4 rings (SSSR count). The summed E-state index contributed by atoms with van der Waals surface area (Å²) >= 11 is 3.03. The minimum absolute atomic E-state index is 0.285. The van der Waals surface area contributed by atoms with Crippen molar-refractivity contribution in [2.45, 2.75) is 38.7 Å². The molecule has 2 N–H and O–H groups in total. The van der Waals surface area contributed by atoms with Crippen LogP contribution in [-0.4, -0.2) is 16.8 Å². The third kappa shape index (κ3) is 5.02.